The van der Waals surface area contributed by atoms with Gasteiger partial charge in [0.25, 0.3) is 11.6 Å². The molecule has 1 aromatic carbocycles. The number of hydrazine groups is 1. The van der Waals surface area contributed by atoms with Crippen molar-refractivity contribution in [3.8, 4) is 0 Å². The number of nitro groups is 1. The monoisotopic (exact) mass is 294 g/mol. The molecular formula is C13H18N4O4. The van der Waals surface area contributed by atoms with Crippen molar-refractivity contribution >= 4 is 17.3 Å². The van der Waals surface area contributed by atoms with Crippen LogP contribution in [0.15, 0.2) is 18.2 Å². The molecule has 2 rings (SSSR count). The van der Waals surface area contributed by atoms with Crippen LogP contribution < -0.4 is 16.6 Å². The van der Waals surface area contributed by atoms with Crippen LogP contribution in [-0.4, -0.2) is 30.1 Å². The molecule has 0 aromatic heterocycles. The quantitative estimate of drug-likeness (QED) is 0.424. The maximum atomic E-state index is 12.2. The van der Waals surface area contributed by atoms with Crippen LogP contribution in [0.2, 0.25) is 0 Å². The number of nitrogens with two attached hydrogens (primary N) is 1. The minimum absolute atomic E-state index is 0.0120. The normalized spacial score (nSPS) is 21.0. The van der Waals surface area contributed by atoms with E-state index in [0.717, 1.165) is 6.42 Å². The minimum atomic E-state index is -0.587. The van der Waals surface area contributed by atoms with Crippen molar-refractivity contribution < 1.29 is 14.5 Å². The van der Waals surface area contributed by atoms with Gasteiger partial charge in [0.1, 0.15) is 5.56 Å². The Hall–Kier alpha value is -2.19. The number of benzene rings is 1. The van der Waals surface area contributed by atoms with Crippen LogP contribution in [-0.2, 0) is 4.74 Å². The highest BCUT2D eigenvalue weighted by Crippen LogP contribution is 2.23. The molecule has 2 atom stereocenters. The fourth-order valence-electron chi connectivity index (χ4n) is 2.33. The zero-order valence-electron chi connectivity index (χ0n) is 11.7. The Labute approximate surface area is 121 Å². The second-order valence-corrected chi connectivity index (χ2v) is 4.97. The number of carbonyl (C=O) groups excluding carboxylic acids is 1. The lowest BCUT2D eigenvalue weighted by Crippen LogP contribution is -2.32. The van der Waals surface area contributed by atoms with Gasteiger partial charge in [-0.05, 0) is 25.5 Å². The van der Waals surface area contributed by atoms with E-state index in [1.54, 1.807) is 0 Å². The predicted octanol–water partition coefficient (Wildman–Crippen LogP) is 1.04. The minimum Gasteiger partial charge on any atom is -0.378 e. The molecule has 21 heavy (non-hydrogen) atoms. The molecular weight excluding hydrogens is 276 g/mol. The molecule has 1 saturated heterocycles. The molecule has 1 amide bonds. The van der Waals surface area contributed by atoms with Crippen LogP contribution in [0.25, 0.3) is 0 Å². The number of ether oxygens (including phenoxy) is 1. The third-order valence-electron chi connectivity index (χ3n) is 3.66. The zero-order valence-corrected chi connectivity index (χ0v) is 11.7. The van der Waals surface area contributed by atoms with E-state index >= 15 is 0 Å². The van der Waals surface area contributed by atoms with Crippen molar-refractivity contribution in [2.24, 2.45) is 11.8 Å². The molecule has 1 aliphatic rings. The highest BCUT2D eigenvalue weighted by Gasteiger charge is 2.26. The Balaban J connectivity index is 2.11. The largest absolute Gasteiger partial charge is 0.378 e. The van der Waals surface area contributed by atoms with Gasteiger partial charge in [0.15, 0.2) is 0 Å². The number of carbonyl (C=O) groups is 1. The summed E-state index contributed by atoms with van der Waals surface area (Å²) < 4.78 is 5.42. The SMILES string of the molecule is CC1OCCC1CNC(=O)c1cc(NN)ccc1[N+](=O)[O-]. The van der Waals surface area contributed by atoms with Gasteiger partial charge in [-0.1, -0.05) is 0 Å². The molecule has 8 heteroatoms. The highest BCUT2D eigenvalue weighted by molar-refractivity contribution is 5.99. The lowest BCUT2D eigenvalue weighted by molar-refractivity contribution is -0.385. The summed E-state index contributed by atoms with van der Waals surface area (Å²) in [5.74, 6) is 5.01. The van der Waals surface area contributed by atoms with Crippen LogP contribution in [0.5, 0.6) is 0 Å². The first-order chi connectivity index (χ1) is 10.0. The van der Waals surface area contributed by atoms with Crippen LogP contribution in [0.3, 0.4) is 0 Å². The predicted molar refractivity (Wildman–Crippen MR) is 76.8 cm³/mol. The second kappa shape index (κ2) is 6.51. The number of nitrogen functional groups attached to an aromatic ring is 1. The second-order valence-electron chi connectivity index (χ2n) is 4.97. The summed E-state index contributed by atoms with van der Waals surface area (Å²) in [6.45, 7) is 3.05. The number of nitrogens with one attached hydrogen (secondary N) is 2. The number of hydrogen-bond acceptors (Lipinski definition) is 6. The maximum Gasteiger partial charge on any atom is 0.282 e. The van der Waals surface area contributed by atoms with E-state index in [0.29, 0.717) is 18.8 Å². The third kappa shape index (κ3) is 3.47. The van der Waals surface area contributed by atoms with Gasteiger partial charge < -0.3 is 15.5 Å². The Morgan fingerprint density at radius 2 is 2.33 bits per heavy atom. The van der Waals surface area contributed by atoms with Gasteiger partial charge in [0.2, 0.25) is 0 Å². The number of hydrogen-bond donors (Lipinski definition) is 3. The van der Waals surface area contributed by atoms with E-state index in [2.05, 4.69) is 10.7 Å². The van der Waals surface area contributed by atoms with Gasteiger partial charge in [-0.15, -0.1) is 0 Å². The molecule has 1 aromatic rings. The summed E-state index contributed by atoms with van der Waals surface area (Å²) in [5.41, 5.74) is 2.54. The van der Waals surface area contributed by atoms with Gasteiger partial charge >= 0.3 is 0 Å². The average Bonchev–Trinajstić information content (AvgIpc) is 2.89. The third-order valence-corrected chi connectivity index (χ3v) is 3.66. The van der Waals surface area contributed by atoms with E-state index in [4.69, 9.17) is 10.6 Å². The van der Waals surface area contributed by atoms with Gasteiger partial charge in [-0.2, -0.15) is 0 Å². The lowest BCUT2D eigenvalue weighted by atomic mass is 10.0. The van der Waals surface area contributed by atoms with E-state index in [-0.39, 0.29) is 23.3 Å². The Kier molecular flexibility index (Phi) is 4.71. The number of nitro benzene ring substituents is 1. The molecule has 1 fully saturated rings. The summed E-state index contributed by atoms with van der Waals surface area (Å²) in [7, 11) is 0. The topological polar surface area (TPSA) is 120 Å². The molecule has 0 aliphatic carbocycles. The fourth-order valence-corrected chi connectivity index (χ4v) is 2.33. The molecule has 0 spiro atoms. The molecule has 1 aliphatic heterocycles. The number of anilines is 1. The fraction of sp³-hybridized carbons (Fsp3) is 0.462. The molecule has 114 valence electrons. The summed E-state index contributed by atoms with van der Waals surface area (Å²) in [6, 6.07) is 4.06. The van der Waals surface area contributed by atoms with Crippen LogP contribution in [0.4, 0.5) is 11.4 Å². The number of amides is 1. The van der Waals surface area contributed by atoms with Crippen LogP contribution in [0, 0.1) is 16.0 Å². The first kappa shape index (κ1) is 15.2. The summed E-state index contributed by atoms with van der Waals surface area (Å²) in [6.07, 6.45) is 0.950. The molecule has 0 bridgehead atoms. The lowest BCUT2D eigenvalue weighted by Gasteiger charge is -2.15. The first-order valence-electron chi connectivity index (χ1n) is 6.67. The molecule has 0 radical (unpaired) electrons. The van der Waals surface area contributed by atoms with Crippen molar-refractivity contribution in [2.45, 2.75) is 19.4 Å². The molecule has 0 saturated carbocycles. The average molecular weight is 294 g/mol. The number of rotatable bonds is 5. The van der Waals surface area contributed by atoms with Crippen LogP contribution in [0.1, 0.15) is 23.7 Å². The van der Waals surface area contributed by atoms with Gasteiger partial charge in [-0.3, -0.25) is 20.8 Å². The Bertz CT molecular complexity index is 549. The van der Waals surface area contributed by atoms with E-state index in [1.165, 1.54) is 18.2 Å². The van der Waals surface area contributed by atoms with Crippen molar-refractivity contribution in [2.75, 3.05) is 18.6 Å². The van der Waals surface area contributed by atoms with Gasteiger partial charge in [-0.25, -0.2) is 0 Å². The Morgan fingerprint density at radius 1 is 1.57 bits per heavy atom. The molecule has 1 heterocycles. The smallest absolute Gasteiger partial charge is 0.282 e. The van der Waals surface area contributed by atoms with Crippen molar-refractivity contribution in [3.05, 3.63) is 33.9 Å². The first-order valence-corrected chi connectivity index (χ1v) is 6.67. The van der Waals surface area contributed by atoms with Crippen molar-refractivity contribution in [1.29, 1.82) is 0 Å². The highest BCUT2D eigenvalue weighted by atomic mass is 16.6. The summed E-state index contributed by atoms with van der Waals surface area (Å²) in [4.78, 5) is 22.6. The molecule has 8 nitrogen and oxygen atoms in total. The summed E-state index contributed by atoms with van der Waals surface area (Å²) >= 11 is 0. The van der Waals surface area contributed by atoms with E-state index < -0.39 is 10.8 Å². The van der Waals surface area contributed by atoms with E-state index in [9.17, 15) is 14.9 Å². The van der Waals surface area contributed by atoms with Crippen LogP contribution >= 0.6 is 0 Å². The number of nitrogens with zero attached hydrogens (tertiary/aromatic N) is 1. The standard InChI is InChI=1S/C13H18N4O4/c1-8-9(4-5-21-8)7-15-13(18)11-6-10(16-14)2-3-12(11)17(19)20/h2-3,6,8-9,16H,4-5,7,14H2,1H3,(H,15,18). The zero-order chi connectivity index (χ0) is 15.4. The van der Waals surface area contributed by atoms with Crippen molar-refractivity contribution in [3.63, 3.8) is 0 Å². The molecule has 2 unspecified atom stereocenters. The molecule has 4 N–H and O–H groups in total. The maximum absolute atomic E-state index is 12.2. The van der Waals surface area contributed by atoms with E-state index in [1.807, 2.05) is 6.92 Å². The van der Waals surface area contributed by atoms with Gasteiger partial charge in [0, 0.05) is 30.8 Å². The van der Waals surface area contributed by atoms with Gasteiger partial charge in [0.05, 0.1) is 11.0 Å². The summed E-state index contributed by atoms with van der Waals surface area (Å²) in [5, 5.41) is 13.7. The Morgan fingerprint density at radius 3 is 2.90 bits per heavy atom. The van der Waals surface area contributed by atoms with Crippen molar-refractivity contribution in [1.82, 2.24) is 5.32 Å².